The Balaban J connectivity index is 2.99. The van der Waals surface area contributed by atoms with Crippen molar-refractivity contribution < 1.29 is 9.47 Å². The summed E-state index contributed by atoms with van der Waals surface area (Å²) < 4.78 is 11.5. The van der Waals surface area contributed by atoms with Crippen LogP contribution in [0.1, 0.15) is 40.2 Å². The molecule has 3 heteroatoms. The number of rotatable bonds is 8. The topological polar surface area (TPSA) is 30.5 Å². The second-order valence-electron chi connectivity index (χ2n) is 6.42. The molecule has 0 aliphatic carbocycles. The van der Waals surface area contributed by atoms with Gasteiger partial charge >= 0.3 is 0 Å². The van der Waals surface area contributed by atoms with E-state index in [9.17, 15) is 0 Å². The molecule has 0 saturated carbocycles. The largest absolute Gasteiger partial charge is 0.496 e. The third kappa shape index (κ3) is 5.33. The molecule has 0 amide bonds. The maximum Gasteiger partial charge on any atom is 0.122 e. The van der Waals surface area contributed by atoms with Crippen LogP contribution in [0, 0.1) is 5.41 Å². The predicted molar refractivity (Wildman–Crippen MR) is 89.0 cm³/mol. The Kier molecular flexibility index (Phi) is 7.20. The van der Waals surface area contributed by atoms with Gasteiger partial charge in [0, 0.05) is 12.6 Å². The molecule has 2 unspecified atom stereocenters. The molecule has 21 heavy (non-hydrogen) atoms. The number of hydrogen-bond acceptors (Lipinski definition) is 3. The van der Waals surface area contributed by atoms with Gasteiger partial charge in [-0.3, -0.25) is 0 Å². The van der Waals surface area contributed by atoms with E-state index in [4.69, 9.17) is 9.47 Å². The van der Waals surface area contributed by atoms with E-state index in [2.05, 4.69) is 52.1 Å². The van der Waals surface area contributed by atoms with Crippen molar-refractivity contribution in [3.05, 3.63) is 29.8 Å². The van der Waals surface area contributed by atoms with Crippen molar-refractivity contribution in [1.29, 1.82) is 0 Å². The van der Waals surface area contributed by atoms with Crippen LogP contribution >= 0.6 is 0 Å². The molecule has 0 spiro atoms. The molecule has 1 rings (SSSR count). The first-order valence-electron chi connectivity index (χ1n) is 7.90. The van der Waals surface area contributed by atoms with Crippen molar-refractivity contribution in [2.24, 2.45) is 5.41 Å². The zero-order chi connectivity index (χ0) is 15.9. The van der Waals surface area contributed by atoms with E-state index in [0.717, 1.165) is 25.3 Å². The third-order valence-corrected chi connectivity index (χ3v) is 3.66. The van der Waals surface area contributed by atoms with Crippen LogP contribution in [0.15, 0.2) is 24.3 Å². The molecule has 1 aromatic rings. The van der Waals surface area contributed by atoms with Crippen LogP contribution in [0.3, 0.4) is 0 Å². The molecule has 0 bridgehead atoms. The first-order valence-corrected chi connectivity index (χ1v) is 7.90. The van der Waals surface area contributed by atoms with E-state index in [-0.39, 0.29) is 17.6 Å². The number of nitrogens with one attached hydrogen (secondary N) is 1. The van der Waals surface area contributed by atoms with Crippen molar-refractivity contribution >= 4 is 0 Å². The monoisotopic (exact) mass is 293 g/mol. The molecule has 0 aliphatic heterocycles. The summed E-state index contributed by atoms with van der Waals surface area (Å²) in [7, 11) is 1.73. The van der Waals surface area contributed by atoms with Gasteiger partial charge in [0.2, 0.25) is 0 Å². The first kappa shape index (κ1) is 18.0. The SMILES string of the molecule is CCNC(Cc1ccccc1OC)C(OCC)C(C)(C)C. The normalized spacial score (nSPS) is 14.8. The predicted octanol–water partition coefficient (Wildman–Crippen LogP) is 3.67. The maximum atomic E-state index is 6.06. The fourth-order valence-electron chi connectivity index (χ4n) is 2.81. The summed E-state index contributed by atoms with van der Waals surface area (Å²) in [6, 6.07) is 8.49. The lowest BCUT2D eigenvalue weighted by Gasteiger charge is -2.37. The van der Waals surface area contributed by atoms with Crippen LogP contribution < -0.4 is 10.1 Å². The molecule has 0 aliphatic rings. The molecule has 2 atom stereocenters. The zero-order valence-electron chi connectivity index (χ0n) is 14.4. The van der Waals surface area contributed by atoms with Crippen molar-refractivity contribution in [3.63, 3.8) is 0 Å². The Morgan fingerprint density at radius 2 is 1.81 bits per heavy atom. The molecule has 1 N–H and O–H groups in total. The lowest BCUT2D eigenvalue weighted by molar-refractivity contribution is -0.0353. The third-order valence-electron chi connectivity index (χ3n) is 3.66. The number of para-hydroxylation sites is 1. The molecule has 0 saturated heterocycles. The van der Waals surface area contributed by atoms with Crippen molar-refractivity contribution in [2.75, 3.05) is 20.3 Å². The molecule has 0 radical (unpaired) electrons. The minimum atomic E-state index is 0.0882. The van der Waals surface area contributed by atoms with E-state index in [1.807, 2.05) is 12.1 Å². The highest BCUT2D eigenvalue weighted by Gasteiger charge is 2.33. The van der Waals surface area contributed by atoms with Crippen LogP contribution in [-0.2, 0) is 11.2 Å². The van der Waals surface area contributed by atoms with Crippen LogP contribution in [0.25, 0.3) is 0 Å². The van der Waals surface area contributed by atoms with E-state index in [1.165, 1.54) is 5.56 Å². The number of ether oxygens (including phenoxy) is 2. The van der Waals surface area contributed by atoms with Gasteiger partial charge in [-0.15, -0.1) is 0 Å². The summed E-state index contributed by atoms with van der Waals surface area (Å²) in [5.41, 5.74) is 1.31. The highest BCUT2D eigenvalue weighted by atomic mass is 16.5. The summed E-state index contributed by atoms with van der Waals surface area (Å²) in [6.45, 7) is 12.6. The van der Waals surface area contributed by atoms with E-state index in [1.54, 1.807) is 7.11 Å². The quantitative estimate of drug-likeness (QED) is 0.793. The van der Waals surface area contributed by atoms with Gasteiger partial charge in [0.05, 0.1) is 13.2 Å². The molecule has 0 aromatic heterocycles. The molecule has 0 heterocycles. The second-order valence-corrected chi connectivity index (χ2v) is 6.42. The lowest BCUT2D eigenvalue weighted by Crippen LogP contribution is -2.49. The van der Waals surface area contributed by atoms with Crippen molar-refractivity contribution in [3.8, 4) is 5.75 Å². The Labute approximate surface area is 130 Å². The van der Waals surface area contributed by atoms with Crippen LogP contribution in [0.5, 0.6) is 5.75 Å². The molecule has 120 valence electrons. The summed E-state index contributed by atoms with van der Waals surface area (Å²) in [4.78, 5) is 0. The average molecular weight is 293 g/mol. The Hall–Kier alpha value is -1.06. The van der Waals surface area contributed by atoms with Gasteiger partial charge in [0.15, 0.2) is 0 Å². The second kappa shape index (κ2) is 8.40. The summed E-state index contributed by atoms with van der Waals surface area (Å²) in [6.07, 6.45) is 1.06. The fraction of sp³-hybridized carbons (Fsp3) is 0.667. The van der Waals surface area contributed by atoms with E-state index < -0.39 is 0 Å². The molecule has 3 nitrogen and oxygen atoms in total. The summed E-state index contributed by atoms with van der Waals surface area (Å²) in [5.74, 6) is 0.949. The zero-order valence-corrected chi connectivity index (χ0v) is 14.4. The van der Waals surface area contributed by atoms with Gasteiger partial charge in [-0.2, -0.15) is 0 Å². The highest BCUT2D eigenvalue weighted by Crippen LogP contribution is 2.28. The van der Waals surface area contributed by atoms with Crippen LogP contribution in [-0.4, -0.2) is 32.4 Å². The molecule has 0 fully saturated rings. The first-order chi connectivity index (χ1) is 9.93. The van der Waals surface area contributed by atoms with Gasteiger partial charge in [0.25, 0.3) is 0 Å². The van der Waals surface area contributed by atoms with Gasteiger partial charge in [-0.1, -0.05) is 45.9 Å². The number of benzene rings is 1. The van der Waals surface area contributed by atoms with Gasteiger partial charge in [0.1, 0.15) is 5.75 Å². The highest BCUT2D eigenvalue weighted by molar-refractivity contribution is 5.34. The van der Waals surface area contributed by atoms with Gasteiger partial charge in [-0.05, 0) is 36.9 Å². The van der Waals surface area contributed by atoms with Crippen LogP contribution in [0.2, 0.25) is 0 Å². The lowest BCUT2D eigenvalue weighted by atomic mass is 9.82. The minimum Gasteiger partial charge on any atom is -0.496 e. The van der Waals surface area contributed by atoms with Crippen LogP contribution in [0.4, 0.5) is 0 Å². The summed E-state index contributed by atoms with van der Waals surface area (Å²) >= 11 is 0. The molecular formula is C18H31NO2. The Bertz CT molecular complexity index is 412. The van der Waals surface area contributed by atoms with Crippen molar-refractivity contribution in [1.82, 2.24) is 5.32 Å². The van der Waals surface area contributed by atoms with E-state index in [0.29, 0.717) is 0 Å². The average Bonchev–Trinajstić information content (AvgIpc) is 2.43. The Morgan fingerprint density at radius 1 is 1.14 bits per heavy atom. The minimum absolute atomic E-state index is 0.0882. The Morgan fingerprint density at radius 3 is 2.33 bits per heavy atom. The number of methoxy groups -OCH3 is 1. The molecule has 1 aromatic carbocycles. The van der Waals surface area contributed by atoms with E-state index >= 15 is 0 Å². The molecular weight excluding hydrogens is 262 g/mol. The smallest absolute Gasteiger partial charge is 0.122 e. The van der Waals surface area contributed by atoms with Gasteiger partial charge < -0.3 is 14.8 Å². The fourth-order valence-corrected chi connectivity index (χ4v) is 2.81. The summed E-state index contributed by atoms with van der Waals surface area (Å²) in [5, 5.41) is 3.59. The standard InChI is InChI=1S/C18H31NO2/c1-7-19-15(17(21-8-2)18(3,4)5)13-14-11-9-10-12-16(14)20-6/h9-12,15,17,19H,7-8,13H2,1-6H3. The number of likely N-dealkylation sites (N-methyl/N-ethyl adjacent to an activating group) is 1. The van der Waals surface area contributed by atoms with Gasteiger partial charge in [-0.25, -0.2) is 0 Å². The number of hydrogen-bond donors (Lipinski definition) is 1. The maximum absolute atomic E-state index is 6.06. The van der Waals surface area contributed by atoms with Crippen molar-refractivity contribution in [2.45, 2.75) is 53.2 Å².